The van der Waals surface area contributed by atoms with Crippen LogP contribution in [0.2, 0.25) is 0 Å². The molecule has 0 bridgehead atoms. The summed E-state index contributed by atoms with van der Waals surface area (Å²) in [5, 5.41) is 4.09. The first kappa shape index (κ1) is 14.5. The van der Waals surface area contributed by atoms with Gasteiger partial charge in [-0.1, -0.05) is 12.1 Å². The third-order valence-electron chi connectivity index (χ3n) is 4.26. The normalized spacial score (nSPS) is 20.8. The van der Waals surface area contributed by atoms with Crippen molar-refractivity contribution in [1.29, 1.82) is 0 Å². The van der Waals surface area contributed by atoms with Gasteiger partial charge in [-0.05, 0) is 51.3 Å². The van der Waals surface area contributed by atoms with Crippen LogP contribution in [0.4, 0.5) is 4.39 Å². The number of rotatable bonds is 5. The zero-order valence-corrected chi connectivity index (χ0v) is 12.4. The first-order valence-corrected chi connectivity index (χ1v) is 7.75. The van der Waals surface area contributed by atoms with Crippen molar-refractivity contribution in [3.63, 3.8) is 0 Å². The highest BCUT2D eigenvalue weighted by molar-refractivity contribution is 5.78. The summed E-state index contributed by atoms with van der Waals surface area (Å²) < 4.78 is 25.2. The molecule has 2 atom stereocenters. The van der Waals surface area contributed by atoms with Gasteiger partial charge in [0.05, 0.1) is 12.1 Å². The van der Waals surface area contributed by atoms with Gasteiger partial charge in [0, 0.05) is 12.0 Å². The van der Waals surface area contributed by atoms with Crippen LogP contribution in [0.5, 0.6) is 0 Å². The van der Waals surface area contributed by atoms with Crippen LogP contribution in [0, 0.1) is 5.82 Å². The van der Waals surface area contributed by atoms with E-state index in [4.69, 9.17) is 9.15 Å². The first-order chi connectivity index (χ1) is 10.3. The summed E-state index contributed by atoms with van der Waals surface area (Å²) in [6, 6.07) is 7.05. The lowest BCUT2D eigenvalue weighted by Crippen LogP contribution is -2.22. The predicted octanol–water partition coefficient (Wildman–Crippen LogP) is 4.18. The topological polar surface area (TPSA) is 34.4 Å². The highest BCUT2D eigenvalue weighted by atomic mass is 19.1. The van der Waals surface area contributed by atoms with E-state index in [1.807, 2.05) is 19.2 Å². The minimum atomic E-state index is -0.302. The molecule has 2 aromatic rings. The maximum Gasteiger partial charge on any atom is 0.169 e. The van der Waals surface area contributed by atoms with Crippen molar-refractivity contribution in [2.75, 3.05) is 13.7 Å². The molecule has 21 heavy (non-hydrogen) atoms. The average molecular weight is 291 g/mol. The maximum atomic E-state index is 13.7. The third kappa shape index (κ3) is 3.27. The van der Waals surface area contributed by atoms with E-state index in [1.165, 1.54) is 18.9 Å². The fourth-order valence-electron chi connectivity index (χ4n) is 3.04. The third-order valence-corrected chi connectivity index (χ3v) is 4.26. The monoisotopic (exact) mass is 291 g/mol. The number of hydrogen-bond donors (Lipinski definition) is 1. The van der Waals surface area contributed by atoms with Crippen molar-refractivity contribution in [3.05, 3.63) is 35.8 Å². The number of para-hydroxylation sites is 1. The van der Waals surface area contributed by atoms with Gasteiger partial charge in [0.15, 0.2) is 11.4 Å². The van der Waals surface area contributed by atoms with Gasteiger partial charge in [-0.3, -0.25) is 0 Å². The van der Waals surface area contributed by atoms with Gasteiger partial charge in [-0.25, -0.2) is 4.39 Å². The molecule has 4 heteroatoms. The van der Waals surface area contributed by atoms with E-state index in [1.54, 1.807) is 6.07 Å². The summed E-state index contributed by atoms with van der Waals surface area (Å²) in [4.78, 5) is 0. The Bertz CT molecular complexity index is 589. The second kappa shape index (κ2) is 6.58. The number of ether oxygens (including phenoxy) is 1. The highest BCUT2D eigenvalue weighted by Gasteiger charge is 2.20. The minimum absolute atomic E-state index is 0.0994. The smallest absolute Gasteiger partial charge is 0.169 e. The fraction of sp³-hybridized carbons (Fsp3) is 0.529. The molecule has 0 saturated carbocycles. The van der Waals surface area contributed by atoms with Crippen LogP contribution in [-0.4, -0.2) is 19.8 Å². The van der Waals surface area contributed by atoms with E-state index in [0.29, 0.717) is 11.7 Å². The summed E-state index contributed by atoms with van der Waals surface area (Å²) in [5.41, 5.74) is 0.349. The number of halogens is 1. The van der Waals surface area contributed by atoms with E-state index < -0.39 is 0 Å². The van der Waals surface area contributed by atoms with E-state index in [9.17, 15) is 4.39 Å². The van der Waals surface area contributed by atoms with Crippen molar-refractivity contribution in [2.24, 2.45) is 0 Å². The van der Waals surface area contributed by atoms with Gasteiger partial charge in [0.1, 0.15) is 5.76 Å². The second-order valence-corrected chi connectivity index (χ2v) is 5.71. The van der Waals surface area contributed by atoms with Gasteiger partial charge in [-0.15, -0.1) is 0 Å². The molecule has 0 spiro atoms. The van der Waals surface area contributed by atoms with Gasteiger partial charge < -0.3 is 14.5 Å². The van der Waals surface area contributed by atoms with Crippen LogP contribution >= 0.6 is 0 Å². The number of nitrogens with one attached hydrogen (secondary N) is 1. The minimum Gasteiger partial charge on any atom is -0.456 e. The van der Waals surface area contributed by atoms with Crippen LogP contribution in [0.1, 0.15) is 43.9 Å². The van der Waals surface area contributed by atoms with Crippen molar-refractivity contribution in [1.82, 2.24) is 5.32 Å². The van der Waals surface area contributed by atoms with E-state index in [0.717, 1.165) is 37.0 Å². The predicted molar refractivity (Wildman–Crippen MR) is 80.8 cm³/mol. The summed E-state index contributed by atoms with van der Waals surface area (Å²) in [7, 11) is 1.91. The maximum absolute atomic E-state index is 13.7. The lowest BCUT2D eigenvalue weighted by atomic mass is 10.0. The van der Waals surface area contributed by atoms with E-state index >= 15 is 0 Å². The molecule has 1 fully saturated rings. The number of benzene rings is 1. The van der Waals surface area contributed by atoms with Gasteiger partial charge in [0.25, 0.3) is 0 Å². The Morgan fingerprint density at radius 1 is 1.38 bits per heavy atom. The molecule has 3 nitrogen and oxygen atoms in total. The zero-order valence-electron chi connectivity index (χ0n) is 12.4. The van der Waals surface area contributed by atoms with Crippen LogP contribution in [-0.2, 0) is 4.74 Å². The van der Waals surface area contributed by atoms with Gasteiger partial charge >= 0.3 is 0 Å². The van der Waals surface area contributed by atoms with E-state index in [-0.39, 0.29) is 11.9 Å². The molecule has 1 aromatic heterocycles. The number of fused-ring (bicyclic) bond motifs is 1. The Morgan fingerprint density at radius 2 is 2.29 bits per heavy atom. The van der Waals surface area contributed by atoms with Crippen LogP contribution in [0.3, 0.4) is 0 Å². The lowest BCUT2D eigenvalue weighted by Gasteiger charge is -2.24. The molecule has 0 radical (unpaired) electrons. The summed E-state index contributed by atoms with van der Waals surface area (Å²) >= 11 is 0. The molecule has 2 unspecified atom stereocenters. The molecule has 1 N–H and O–H groups in total. The Hall–Kier alpha value is -1.39. The fourth-order valence-corrected chi connectivity index (χ4v) is 3.04. The lowest BCUT2D eigenvalue weighted by molar-refractivity contribution is 0.00836. The van der Waals surface area contributed by atoms with Gasteiger partial charge in [0.2, 0.25) is 0 Å². The molecule has 1 aliphatic heterocycles. The highest BCUT2D eigenvalue weighted by Crippen LogP contribution is 2.29. The molecule has 2 heterocycles. The van der Waals surface area contributed by atoms with Crippen LogP contribution in [0.15, 0.2) is 28.7 Å². The summed E-state index contributed by atoms with van der Waals surface area (Å²) in [5.74, 6) is 0.498. The number of furan rings is 1. The Balaban J connectivity index is 1.70. The Kier molecular flexibility index (Phi) is 4.56. The first-order valence-electron chi connectivity index (χ1n) is 7.75. The molecule has 114 valence electrons. The van der Waals surface area contributed by atoms with E-state index in [2.05, 4.69) is 5.32 Å². The Morgan fingerprint density at radius 3 is 3.00 bits per heavy atom. The van der Waals surface area contributed by atoms with Crippen LogP contribution < -0.4 is 5.32 Å². The molecule has 3 rings (SSSR count). The molecular formula is C17H22FNO2. The molecule has 0 aliphatic carbocycles. The van der Waals surface area contributed by atoms with Gasteiger partial charge in [-0.2, -0.15) is 0 Å². The Labute approximate surface area is 124 Å². The molecule has 1 aliphatic rings. The van der Waals surface area contributed by atoms with Crippen molar-refractivity contribution in [2.45, 2.75) is 44.2 Å². The standard InChI is InChI=1S/C17H22FNO2/c1-19-15(9-8-13-6-2-3-10-20-13)16-11-12-5-4-7-14(18)17(12)21-16/h4-5,7,11,13,15,19H,2-3,6,8-10H2,1H3. The zero-order chi connectivity index (χ0) is 14.7. The van der Waals surface area contributed by atoms with Crippen molar-refractivity contribution in [3.8, 4) is 0 Å². The van der Waals surface area contributed by atoms with Crippen LogP contribution in [0.25, 0.3) is 11.0 Å². The molecule has 1 saturated heterocycles. The van der Waals surface area contributed by atoms with Crippen molar-refractivity contribution >= 4 is 11.0 Å². The van der Waals surface area contributed by atoms with Crippen molar-refractivity contribution < 1.29 is 13.5 Å². The summed E-state index contributed by atoms with van der Waals surface area (Å²) in [6.07, 6.45) is 5.87. The molecule has 0 amide bonds. The SMILES string of the molecule is CNC(CCC1CCCCO1)c1cc2cccc(F)c2o1. The number of hydrogen-bond acceptors (Lipinski definition) is 3. The molecular weight excluding hydrogens is 269 g/mol. The largest absolute Gasteiger partial charge is 0.456 e. The quantitative estimate of drug-likeness (QED) is 0.897. The second-order valence-electron chi connectivity index (χ2n) is 5.71. The molecule has 1 aromatic carbocycles. The average Bonchev–Trinajstić information content (AvgIpc) is 2.94. The summed E-state index contributed by atoms with van der Waals surface area (Å²) in [6.45, 7) is 0.880.